The summed E-state index contributed by atoms with van der Waals surface area (Å²) in [5, 5.41) is 9.12. The Labute approximate surface area is 93.6 Å². The molecule has 0 saturated carbocycles. The average molecular weight is 223 g/mol. The van der Waals surface area contributed by atoms with E-state index in [9.17, 15) is 0 Å². The Bertz CT molecular complexity index is 449. The second-order valence-electron chi connectivity index (χ2n) is 4.32. The molecular weight excluding hydrogens is 212 g/mol. The summed E-state index contributed by atoms with van der Waals surface area (Å²) in [7, 11) is 0. The number of hydrogen-bond acceptors (Lipinski definition) is 3. The maximum Gasteiger partial charge on any atom is 0.147 e. The van der Waals surface area contributed by atoms with E-state index < -0.39 is 0 Å². The van der Waals surface area contributed by atoms with Crippen molar-refractivity contribution in [1.29, 1.82) is 5.26 Å². The zero-order chi connectivity index (χ0) is 11.1. The molecule has 0 radical (unpaired) electrons. The van der Waals surface area contributed by atoms with Gasteiger partial charge in [0, 0.05) is 11.0 Å². The van der Waals surface area contributed by atoms with Crippen molar-refractivity contribution in [2.75, 3.05) is 6.61 Å². The fourth-order valence-corrected chi connectivity index (χ4v) is 1.97. The maximum atomic E-state index is 8.83. The standard InChI is InChI=1S/C11H11ClN2O/c1-11(2)6-15-5-8-3-7(4-13)10(12)14-9(8)11/h3H,5-6H2,1-2H3. The minimum atomic E-state index is -0.134. The molecule has 1 aliphatic rings. The second-order valence-corrected chi connectivity index (χ2v) is 4.68. The summed E-state index contributed by atoms with van der Waals surface area (Å²) in [5.41, 5.74) is 2.19. The van der Waals surface area contributed by atoms with Crippen molar-refractivity contribution in [3.05, 3.63) is 28.0 Å². The van der Waals surface area contributed by atoms with E-state index in [1.165, 1.54) is 0 Å². The largest absolute Gasteiger partial charge is 0.376 e. The molecule has 0 fully saturated rings. The number of fused-ring (bicyclic) bond motifs is 1. The van der Waals surface area contributed by atoms with Crippen molar-refractivity contribution >= 4 is 11.6 Å². The van der Waals surface area contributed by atoms with Crippen LogP contribution < -0.4 is 0 Å². The lowest BCUT2D eigenvalue weighted by molar-refractivity contribution is 0.0617. The number of nitrogens with zero attached hydrogens (tertiary/aromatic N) is 2. The number of nitriles is 1. The highest BCUT2D eigenvalue weighted by atomic mass is 35.5. The van der Waals surface area contributed by atoms with Gasteiger partial charge in [0.15, 0.2) is 0 Å². The third-order valence-electron chi connectivity index (χ3n) is 2.54. The first kappa shape index (κ1) is 10.4. The lowest BCUT2D eigenvalue weighted by Crippen LogP contribution is -2.31. The molecule has 0 N–H and O–H groups in total. The molecule has 0 bridgehead atoms. The highest BCUT2D eigenvalue weighted by molar-refractivity contribution is 6.30. The van der Waals surface area contributed by atoms with Gasteiger partial charge in [0.1, 0.15) is 11.2 Å². The van der Waals surface area contributed by atoms with E-state index in [4.69, 9.17) is 21.6 Å². The normalized spacial score (nSPS) is 18.0. The number of ether oxygens (including phenoxy) is 1. The number of rotatable bonds is 0. The number of hydrogen-bond donors (Lipinski definition) is 0. The minimum absolute atomic E-state index is 0.134. The second kappa shape index (κ2) is 3.48. The topological polar surface area (TPSA) is 45.9 Å². The van der Waals surface area contributed by atoms with E-state index >= 15 is 0 Å². The Hall–Kier alpha value is -1.11. The van der Waals surface area contributed by atoms with E-state index in [1.54, 1.807) is 6.07 Å². The molecule has 0 unspecified atom stereocenters. The number of aromatic nitrogens is 1. The Morgan fingerprint density at radius 3 is 3.00 bits per heavy atom. The smallest absolute Gasteiger partial charge is 0.147 e. The summed E-state index contributed by atoms with van der Waals surface area (Å²) in [6, 6.07) is 3.79. The first-order valence-electron chi connectivity index (χ1n) is 4.72. The van der Waals surface area contributed by atoms with Crippen molar-refractivity contribution < 1.29 is 4.74 Å². The van der Waals surface area contributed by atoms with Crippen molar-refractivity contribution in [1.82, 2.24) is 4.98 Å². The molecule has 1 aromatic rings. The summed E-state index contributed by atoms with van der Waals surface area (Å²) in [5.74, 6) is 0. The molecule has 2 heterocycles. The van der Waals surface area contributed by atoms with Crippen molar-refractivity contribution in [2.45, 2.75) is 25.9 Å². The highest BCUT2D eigenvalue weighted by Crippen LogP contribution is 2.32. The van der Waals surface area contributed by atoms with Gasteiger partial charge < -0.3 is 4.74 Å². The average Bonchev–Trinajstić information content (AvgIpc) is 2.18. The number of halogens is 1. The van der Waals surface area contributed by atoms with Crippen LogP contribution in [0.25, 0.3) is 0 Å². The molecule has 1 aliphatic heterocycles. The van der Waals surface area contributed by atoms with Gasteiger partial charge in [-0.15, -0.1) is 0 Å². The van der Waals surface area contributed by atoms with Gasteiger partial charge in [-0.05, 0) is 6.07 Å². The summed E-state index contributed by atoms with van der Waals surface area (Å²) in [6.07, 6.45) is 0. The molecule has 0 aromatic carbocycles. The van der Waals surface area contributed by atoms with Crippen LogP contribution in [0.15, 0.2) is 6.07 Å². The molecule has 1 aromatic heterocycles. The van der Waals surface area contributed by atoms with E-state index in [2.05, 4.69) is 18.8 Å². The fraction of sp³-hybridized carbons (Fsp3) is 0.455. The summed E-state index contributed by atoms with van der Waals surface area (Å²) in [4.78, 5) is 4.30. The van der Waals surface area contributed by atoms with E-state index in [1.807, 2.05) is 6.07 Å². The first-order valence-corrected chi connectivity index (χ1v) is 5.10. The molecule has 0 aliphatic carbocycles. The molecule has 0 spiro atoms. The molecule has 0 amide bonds. The number of pyridine rings is 1. The van der Waals surface area contributed by atoms with Crippen LogP contribution in [0.5, 0.6) is 0 Å². The van der Waals surface area contributed by atoms with Gasteiger partial charge in [0.25, 0.3) is 0 Å². The molecule has 0 saturated heterocycles. The maximum absolute atomic E-state index is 8.83. The third-order valence-corrected chi connectivity index (χ3v) is 2.83. The molecule has 3 nitrogen and oxygen atoms in total. The Morgan fingerprint density at radius 2 is 2.33 bits per heavy atom. The van der Waals surface area contributed by atoms with Crippen LogP contribution in [0.1, 0.15) is 30.7 Å². The van der Waals surface area contributed by atoms with Gasteiger partial charge in [-0.2, -0.15) is 5.26 Å². The zero-order valence-corrected chi connectivity index (χ0v) is 9.43. The van der Waals surface area contributed by atoms with Crippen LogP contribution >= 0.6 is 11.6 Å². The molecule has 0 atom stereocenters. The Kier molecular flexibility index (Phi) is 2.41. The van der Waals surface area contributed by atoms with Gasteiger partial charge in [-0.25, -0.2) is 4.98 Å². The summed E-state index contributed by atoms with van der Waals surface area (Å²) in [6.45, 7) is 5.26. The lowest BCUT2D eigenvalue weighted by atomic mass is 9.85. The molecule has 78 valence electrons. The van der Waals surface area contributed by atoms with Gasteiger partial charge in [-0.1, -0.05) is 25.4 Å². The van der Waals surface area contributed by atoms with Crippen molar-refractivity contribution in [3.8, 4) is 6.07 Å². The van der Waals surface area contributed by atoms with Crippen LogP contribution in [-0.4, -0.2) is 11.6 Å². The van der Waals surface area contributed by atoms with Crippen LogP contribution in [0.2, 0.25) is 5.15 Å². The predicted molar refractivity (Wildman–Crippen MR) is 56.6 cm³/mol. The SMILES string of the molecule is CC1(C)COCc2cc(C#N)c(Cl)nc21. The van der Waals surface area contributed by atoms with Crippen molar-refractivity contribution in [2.24, 2.45) is 0 Å². The molecule has 4 heteroatoms. The lowest BCUT2D eigenvalue weighted by Gasteiger charge is -2.31. The van der Waals surface area contributed by atoms with E-state index in [0.717, 1.165) is 11.3 Å². The molecule has 15 heavy (non-hydrogen) atoms. The van der Waals surface area contributed by atoms with Crippen LogP contribution in [0.3, 0.4) is 0 Å². The van der Waals surface area contributed by atoms with E-state index in [0.29, 0.717) is 18.8 Å². The third kappa shape index (κ3) is 1.71. The van der Waals surface area contributed by atoms with Crippen molar-refractivity contribution in [3.63, 3.8) is 0 Å². The predicted octanol–water partition coefficient (Wildman–Crippen LogP) is 2.41. The zero-order valence-electron chi connectivity index (χ0n) is 8.67. The van der Waals surface area contributed by atoms with Crippen LogP contribution in [0, 0.1) is 11.3 Å². The van der Waals surface area contributed by atoms with Crippen LogP contribution in [0.4, 0.5) is 0 Å². The Balaban J connectivity index is 2.61. The fourth-order valence-electron chi connectivity index (χ4n) is 1.79. The summed E-state index contributed by atoms with van der Waals surface area (Å²) >= 11 is 5.91. The highest BCUT2D eigenvalue weighted by Gasteiger charge is 2.30. The van der Waals surface area contributed by atoms with E-state index in [-0.39, 0.29) is 10.6 Å². The molecule has 2 rings (SSSR count). The Morgan fingerprint density at radius 1 is 1.60 bits per heavy atom. The van der Waals surface area contributed by atoms with Crippen LogP contribution in [-0.2, 0) is 16.8 Å². The quantitative estimate of drug-likeness (QED) is 0.634. The van der Waals surface area contributed by atoms with Gasteiger partial charge in [-0.3, -0.25) is 0 Å². The molecular formula is C11H11ClN2O. The minimum Gasteiger partial charge on any atom is -0.376 e. The first-order chi connectivity index (χ1) is 7.04. The van der Waals surface area contributed by atoms with Gasteiger partial charge in [0.2, 0.25) is 0 Å². The summed E-state index contributed by atoms with van der Waals surface area (Å²) < 4.78 is 5.46. The van der Waals surface area contributed by atoms with Gasteiger partial charge >= 0.3 is 0 Å². The monoisotopic (exact) mass is 222 g/mol. The van der Waals surface area contributed by atoms with Gasteiger partial charge in [0.05, 0.1) is 24.5 Å².